The molecule has 0 atom stereocenters. The maximum Gasteiger partial charge on any atom is 0.356 e. The maximum absolute atomic E-state index is 11.3. The molecule has 0 radical (unpaired) electrons. The van der Waals surface area contributed by atoms with Crippen LogP contribution in [0.3, 0.4) is 0 Å². The molecule has 0 aliphatic heterocycles. The van der Waals surface area contributed by atoms with Crippen LogP contribution in [0.4, 0.5) is 11.4 Å². The molecule has 2 aromatic rings. The first-order valence-corrected chi connectivity index (χ1v) is 6.16. The first kappa shape index (κ1) is 13.1. The summed E-state index contributed by atoms with van der Waals surface area (Å²) in [6.07, 6.45) is 1.50. The van der Waals surface area contributed by atoms with Gasteiger partial charge in [-0.1, -0.05) is 18.2 Å². The van der Waals surface area contributed by atoms with E-state index in [9.17, 15) is 9.90 Å². The van der Waals surface area contributed by atoms with Gasteiger partial charge in [0, 0.05) is 18.4 Å². The number of anilines is 2. The van der Waals surface area contributed by atoms with Gasteiger partial charge in [0.15, 0.2) is 5.69 Å². The molecule has 0 bridgehead atoms. The molecule has 4 heteroatoms. The zero-order chi connectivity index (χ0) is 13.8. The van der Waals surface area contributed by atoms with Crippen molar-refractivity contribution in [3.8, 4) is 0 Å². The van der Waals surface area contributed by atoms with E-state index in [1.807, 2.05) is 43.0 Å². The van der Waals surface area contributed by atoms with E-state index in [0.717, 1.165) is 11.3 Å². The number of para-hydroxylation sites is 1. The van der Waals surface area contributed by atoms with Crippen molar-refractivity contribution < 1.29 is 9.90 Å². The number of carboxylic acids is 1. The van der Waals surface area contributed by atoms with E-state index < -0.39 is 5.97 Å². The summed E-state index contributed by atoms with van der Waals surface area (Å²) in [5, 5.41) is 9.24. The van der Waals surface area contributed by atoms with Crippen molar-refractivity contribution in [2.24, 2.45) is 0 Å². The van der Waals surface area contributed by atoms with Crippen molar-refractivity contribution >= 4 is 17.3 Å². The quantitative estimate of drug-likeness (QED) is 0.912. The third-order valence-electron chi connectivity index (χ3n) is 3.00. The molecule has 19 heavy (non-hydrogen) atoms. The van der Waals surface area contributed by atoms with Crippen LogP contribution in [0.15, 0.2) is 42.6 Å². The molecule has 0 saturated carbocycles. The Morgan fingerprint density at radius 3 is 2.53 bits per heavy atom. The van der Waals surface area contributed by atoms with Crippen LogP contribution in [0.25, 0.3) is 0 Å². The van der Waals surface area contributed by atoms with Crippen LogP contribution in [0.5, 0.6) is 0 Å². The Labute approximate surface area is 112 Å². The van der Waals surface area contributed by atoms with Gasteiger partial charge in [0.05, 0.1) is 5.69 Å². The van der Waals surface area contributed by atoms with Crippen LogP contribution in [0.1, 0.15) is 23.0 Å². The summed E-state index contributed by atoms with van der Waals surface area (Å²) in [7, 11) is 0. The molecular formula is C15H16N2O2. The number of benzene rings is 1. The largest absolute Gasteiger partial charge is 0.476 e. The number of carboxylic acid groups (broad SMARTS) is 1. The van der Waals surface area contributed by atoms with Gasteiger partial charge in [-0.3, -0.25) is 0 Å². The Balaban J connectivity index is 2.55. The lowest BCUT2D eigenvalue weighted by Gasteiger charge is -2.25. The maximum atomic E-state index is 11.3. The molecule has 2 rings (SSSR count). The number of aromatic nitrogens is 1. The Kier molecular flexibility index (Phi) is 3.80. The van der Waals surface area contributed by atoms with Gasteiger partial charge in [0.2, 0.25) is 0 Å². The highest BCUT2D eigenvalue weighted by Crippen LogP contribution is 2.29. The minimum absolute atomic E-state index is 0.0765. The third-order valence-corrected chi connectivity index (χ3v) is 3.00. The fourth-order valence-electron chi connectivity index (χ4n) is 2.12. The number of rotatable bonds is 4. The molecule has 1 aromatic heterocycles. The van der Waals surface area contributed by atoms with Gasteiger partial charge in [0.1, 0.15) is 0 Å². The molecule has 0 amide bonds. The zero-order valence-corrected chi connectivity index (χ0v) is 11.0. The molecule has 1 heterocycles. The van der Waals surface area contributed by atoms with Crippen LogP contribution < -0.4 is 4.90 Å². The Hall–Kier alpha value is -2.36. The first-order valence-electron chi connectivity index (χ1n) is 6.16. The van der Waals surface area contributed by atoms with Crippen molar-refractivity contribution in [3.63, 3.8) is 0 Å². The number of nitrogens with zero attached hydrogens (tertiary/aromatic N) is 2. The number of carbonyl (C=O) groups is 1. The van der Waals surface area contributed by atoms with E-state index in [4.69, 9.17) is 0 Å². The van der Waals surface area contributed by atoms with Crippen molar-refractivity contribution in [1.82, 2.24) is 4.98 Å². The number of aryl methyl sites for hydroxylation is 1. The number of aromatic carboxylic acids is 1. The lowest BCUT2D eigenvalue weighted by atomic mass is 10.1. The number of hydrogen-bond acceptors (Lipinski definition) is 3. The summed E-state index contributed by atoms with van der Waals surface area (Å²) in [5.74, 6) is -1.01. The monoisotopic (exact) mass is 256 g/mol. The van der Waals surface area contributed by atoms with E-state index >= 15 is 0 Å². The highest BCUT2D eigenvalue weighted by Gasteiger charge is 2.18. The summed E-state index contributed by atoms with van der Waals surface area (Å²) < 4.78 is 0. The van der Waals surface area contributed by atoms with Gasteiger partial charge in [-0.25, -0.2) is 9.78 Å². The summed E-state index contributed by atoms with van der Waals surface area (Å²) in [5.41, 5.74) is 2.80. The molecule has 0 aliphatic carbocycles. The van der Waals surface area contributed by atoms with Crippen LogP contribution in [-0.4, -0.2) is 22.6 Å². The lowest BCUT2D eigenvalue weighted by molar-refractivity contribution is 0.0691. The summed E-state index contributed by atoms with van der Waals surface area (Å²) in [6.45, 7) is 4.68. The standard InChI is InChI=1S/C15H16N2O2/c1-3-17(12-8-5-4-7-11(12)2)13-9-6-10-16-14(13)15(18)19/h4-10H,3H2,1-2H3,(H,18,19). The minimum atomic E-state index is -1.01. The van der Waals surface area contributed by atoms with Gasteiger partial charge in [-0.2, -0.15) is 0 Å². The smallest absolute Gasteiger partial charge is 0.356 e. The first-order chi connectivity index (χ1) is 9.15. The molecule has 0 fully saturated rings. The molecule has 0 unspecified atom stereocenters. The van der Waals surface area contributed by atoms with Crippen molar-refractivity contribution in [2.45, 2.75) is 13.8 Å². The van der Waals surface area contributed by atoms with Gasteiger partial charge < -0.3 is 10.0 Å². The summed E-state index contributed by atoms with van der Waals surface area (Å²) >= 11 is 0. The lowest BCUT2D eigenvalue weighted by Crippen LogP contribution is -2.20. The molecule has 0 saturated heterocycles. The molecule has 98 valence electrons. The average molecular weight is 256 g/mol. The Bertz CT molecular complexity index is 596. The van der Waals surface area contributed by atoms with Gasteiger partial charge in [-0.05, 0) is 37.6 Å². The van der Waals surface area contributed by atoms with E-state index in [-0.39, 0.29) is 5.69 Å². The van der Waals surface area contributed by atoms with Crippen LogP contribution in [0.2, 0.25) is 0 Å². The predicted molar refractivity (Wildman–Crippen MR) is 75.1 cm³/mol. The number of hydrogen-bond donors (Lipinski definition) is 1. The highest BCUT2D eigenvalue weighted by atomic mass is 16.4. The van der Waals surface area contributed by atoms with Crippen molar-refractivity contribution in [3.05, 3.63) is 53.9 Å². The van der Waals surface area contributed by atoms with Crippen molar-refractivity contribution in [2.75, 3.05) is 11.4 Å². The fourth-order valence-corrected chi connectivity index (χ4v) is 2.12. The topological polar surface area (TPSA) is 53.4 Å². The second-order valence-electron chi connectivity index (χ2n) is 4.21. The zero-order valence-electron chi connectivity index (χ0n) is 11.0. The van der Waals surface area contributed by atoms with E-state index in [2.05, 4.69) is 4.98 Å². The second kappa shape index (κ2) is 5.52. The molecule has 1 aromatic carbocycles. The highest BCUT2D eigenvalue weighted by molar-refractivity contribution is 5.93. The van der Waals surface area contributed by atoms with Crippen LogP contribution in [0, 0.1) is 6.92 Å². The average Bonchev–Trinajstić information content (AvgIpc) is 2.42. The normalized spacial score (nSPS) is 10.2. The van der Waals surface area contributed by atoms with Gasteiger partial charge >= 0.3 is 5.97 Å². The Morgan fingerprint density at radius 2 is 1.89 bits per heavy atom. The van der Waals surface area contributed by atoms with E-state index in [0.29, 0.717) is 12.2 Å². The van der Waals surface area contributed by atoms with Crippen LogP contribution >= 0.6 is 0 Å². The van der Waals surface area contributed by atoms with E-state index in [1.165, 1.54) is 6.20 Å². The van der Waals surface area contributed by atoms with Gasteiger partial charge in [0.25, 0.3) is 0 Å². The van der Waals surface area contributed by atoms with Crippen LogP contribution in [-0.2, 0) is 0 Å². The van der Waals surface area contributed by atoms with E-state index in [1.54, 1.807) is 12.1 Å². The molecule has 4 nitrogen and oxygen atoms in total. The minimum Gasteiger partial charge on any atom is -0.476 e. The summed E-state index contributed by atoms with van der Waals surface area (Å²) in [4.78, 5) is 17.2. The Morgan fingerprint density at radius 1 is 1.21 bits per heavy atom. The van der Waals surface area contributed by atoms with Crippen molar-refractivity contribution in [1.29, 1.82) is 0 Å². The second-order valence-corrected chi connectivity index (χ2v) is 4.21. The number of pyridine rings is 1. The SMILES string of the molecule is CCN(c1ccccc1C)c1cccnc1C(=O)O. The fraction of sp³-hybridized carbons (Fsp3) is 0.200. The third kappa shape index (κ3) is 2.57. The molecular weight excluding hydrogens is 240 g/mol. The molecule has 0 aliphatic rings. The molecule has 1 N–H and O–H groups in total. The molecule has 0 spiro atoms. The summed E-state index contributed by atoms with van der Waals surface area (Å²) in [6, 6.07) is 11.4. The van der Waals surface area contributed by atoms with Gasteiger partial charge in [-0.15, -0.1) is 0 Å². The predicted octanol–water partition coefficient (Wildman–Crippen LogP) is 3.25.